The highest BCUT2D eigenvalue weighted by Gasteiger charge is 2.26. The molecule has 2 aromatic rings. The van der Waals surface area contributed by atoms with E-state index in [4.69, 9.17) is 21.1 Å². The predicted molar refractivity (Wildman–Crippen MR) is 106 cm³/mol. The molecule has 0 saturated carbocycles. The van der Waals surface area contributed by atoms with Crippen molar-refractivity contribution in [2.45, 2.75) is 24.2 Å². The van der Waals surface area contributed by atoms with Crippen LogP contribution in [-0.4, -0.2) is 45.0 Å². The number of carbonyl (C=O) groups excluding carboxylic acids is 1. The number of piperidine rings is 1. The lowest BCUT2D eigenvalue weighted by Crippen LogP contribution is -2.35. The van der Waals surface area contributed by atoms with Crippen LogP contribution in [0.5, 0.6) is 5.75 Å². The molecular weight excluding hydrogens is 402 g/mol. The fourth-order valence-corrected chi connectivity index (χ4v) is 4.66. The van der Waals surface area contributed by atoms with Crippen LogP contribution in [0, 0.1) is 0 Å². The molecule has 1 heterocycles. The van der Waals surface area contributed by atoms with Crippen LogP contribution >= 0.6 is 11.6 Å². The van der Waals surface area contributed by atoms with Gasteiger partial charge in [-0.05, 0) is 49.2 Å². The number of esters is 1. The summed E-state index contributed by atoms with van der Waals surface area (Å²) in [7, 11) is -3.51. The number of para-hydroxylation sites is 1. The number of halogens is 1. The van der Waals surface area contributed by atoms with Gasteiger partial charge in [0.05, 0.1) is 15.5 Å². The average Bonchev–Trinajstić information content (AvgIpc) is 2.73. The molecule has 0 amide bonds. The molecule has 6 nitrogen and oxygen atoms in total. The Morgan fingerprint density at radius 2 is 1.64 bits per heavy atom. The van der Waals surface area contributed by atoms with Gasteiger partial charge < -0.3 is 9.47 Å². The molecule has 150 valence electrons. The number of ether oxygens (including phenoxy) is 2. The Morgan fingerprint density at radius 1 is 0.964 bits per heavy atom. The third-order valence-corrected chi connectivity index (χ3v) is 6.68. The summed E-state index contributed by atoms with van der Waals surface area (Å²) in [5.41, 5.74) is 0.287. The number of benzene rings is 2. The number of rotatable bonds is 7. The lowest BCUT2D eigenvalue weighted by molar-refractivity contribution is 0.0450. The van der Waals surface area contributed by atoms with Crippen molar-refractivity contribution >= 4 is 27.6 Å². The molecule has 3 rings (SSSR count). The Labute approximate surface area is 170 Å². The Morgan fingerprint density at radius 3 is 2.32 bits per heavy atom. The first-order valence-corrected chi connectivity index (χ1v) is 10.9. The molecule has 8 heteroatoms. The number of carbonyl (C=O) groups is 1. The Bertz CT molecular complexity index is 908. The minimum atomic E-state index is -3.51. The van der Waals surface area contributed by atoms with Crippen molar-refractivity contribution in [3.05, 3.63) is 59.1 Å². The molecule has 0 unspecified atom stereocenters. The van der Waals surface area contributed by atoms with Crippen molar-refractivity contribution in [2.24, 2.45) is 0 Å². The molecule has 28 heavy (non-hydrogen) atoms. The lowest BCUT2D eigenvalue weighted by atomic mass is 10.2. The van der Waals surface area contributed by atoms with Gasteiger partial charge in [-0.1, -0.05) is 30.2 Å². The van der Waals surface area contributed by atoms with Crippen molar-refractivity contribution in [2.75, 3.05) is 26.3 Å². The smallest absolute Gasteiger partial charge is 0.338 e. The molecule has 2 aromatic carbocycles. The average molecular weight is 424 g/mol. The van der Waals surface area contributed by atoms with E-state index in [1.165, 1.54) is 28.6 Å². The maximum atomic E-state index is 12.6. The fraction of sp³-hybridized carbons (Fsp3) is 0.350. The standard InChI is InChI=1S/C20H22ClNO5S/c21-18-6-2-3-7-19(18)26-14-15-27-20(23)16-8-10-17(11-9-16)28(24,25)22-12-4-1-5-13-22/h2-3,6-11H,1,4-5,12-15H2. The number of sulfonamides is 1. The summed E-state index contributed by atoms with van der Waals surface area (Å²) in [6, 6.07) is 12.9. The molecule has 1 saturated heterocycles. The zero-order valence-corrected chi connectivity index (χ0v) is 16.9. The van der Waals surface area contributed by atoms with Gasteiger partial charge in [-0.25, -0.2) is 13.2 Å². The van der Waals surface area contributed by atoms with Crippen molar-refractivity contribution in [1.82, 2.24) is 4.31 Å². The summed E-state index contributed by atoms with van der Waals surface area (Å²) >= 11 is 5.98. The second-order valence-electron chi connectivity index (χ2n) is 6.40. The minimum Gasteiger partial charge on any atom is -0.488 e. The van der Waals surface area contributed by atoms with Crippen molar-refractivity contribution in [3.63, 3.8) is 0 Å². The van der Waals surface area contributed by atoms with E-state index >= 15 is 0 Å². The fourth-order valence-electron chi connectivity index (χ4n) is 2.95. The van der Waals surface area contributed by atoms with E-state index in [9.17, 15) is 13.2 Å². The van der Waals surface area contributed by atoms with Crippen LogP contribution in [-0.2, 0) is 14.8 Å². The molecule has 0 aliphatic carbocycles. The molecule has 0 spiro atoms. The van der Waals surface area contributed by atoms with Crippen molar-refractivity contribution < 1.29 is 22.7 Å². The van der Waals surface area contributed by atoms with E-state index < -0.39 is 16.0 Å². The van der Waals surface area contributed by atoms with Gasteiger partial charge in [-0.2, -0.15) is 4.31 Å². The molecule has 0 atom stereocenters. The van der Waals surface area contributed by atoms with Crippen LogP contribution in [0.15, 0.2) is 53.4 Å². The number of hydrogen-bond acceptors (Lipinski definition) is 5. The summed E-state index contributed by atoms with van der Waals surface area (Å²) in [5.74, 6) is -0.0165. The van der Waals surface area contributed by atoms with Gasteiger partial charge in [0.1, 0.15) is 19.0 Å². The van der Waals surface area contributed by atoms with Crippen LogP contribution in [0.1, 0.15) is 29.6 Å². The first kappa shape index (κ1) is 20.6. The maximum absolute atomic E-state index is 12.6. The molecule has 1 aliphatic heterocycles. The van der Waals surface area contributed by atoms with Gasteiger partial charge in [0.2, 0.25) is 10.0 Å². The van der Waals surface area contributed by atoms with E-state index in [1.54, 1.807) is 24.3 Å². The molecule has 0 aromatic heterocycles. The molecule has 0 N–H and O–H groups in total. The highest BCUT2D eigenvalue weighted by atomic mass is 35.5. The quantitative estimate of drug-likeness (QED) is 0.501. The van der Waals surface area contributed by atoms with E-state index in [2.05, 4.69) is 0 Å². The predicted octanol–water partition coefficient (Wildman–Crippen LogP) is 3.75. The van der Waals surface area contributed by atoms with E-state index in [-0.39, 0.29) is 23.7 Å². The van der Waals surface area contributed by atoms with Crippen LogP contribution in [0.4, 0.5) is 0 Å². The van der Waals surface area contributed by atoms with Crippen LogP contribution in [0.2, 0.25) is 5.02 Å². The third kappa shape index (κ3) is 5.04. The molecule has 1 fully saturated rings. The highest BCUT2D eigenvalue weighted by Crippen LogP contribution is 2.23. The third-order valence-electron chi connectivity index (χ3n) is 4.45. The molecular formula is C20H22ClNO5S. The Kier molecular flexibility index (Phi) is 6.93. The van der Waals surface area contributed by atoms with Gasteiger partial charge in [0, 0.05) is 13.1 Å². The van der Waals surface area contributed by atoms with Gasteiger partial charge in [0.25, 0.3) is 0 Å². The topological polar surface area (TPSA) is 72.9 Å². The van der Waals surface area contributed by atoms with E-state index in [0.29, 0.717) is 23.9 Å². The van der Waals surface area contributed by atoms with E-state index in [0.717, 1.165) is 19.3 Å². The SMILES string of the molecule is O=C(OCCOc1ccccc1Cl)c1ccc(S(=O)(=O)N2CCCCC2)cc1. The summed E-state index contributed by atoms with van der Waals surface area (Å²) in [6.45, 7) is 1.30. The Balaban J connectivity index is 1.53. The number of nitrogens with zero attached hydrogens (tertiary/aromatic N) is 1. The monoisotopic (exact) mass is 423 g/mol. The highest BCUT2D eigenvalue weighted by molar-refractivity contribution is 7.89. The first-order chi connectivity index (χ1) is 13.5. The zero-order valence-electron chi connectivity index (χ0n) is 15.3. The molecule has 0 bridgehead atoms. The van der Waals surface area contributed by atoms with Crippen molar-refractivity contribution in [3.8, 4) is 5.75 Å². The Hall–Kier alpha value is -2.09. The second-order valence-corrected chi connectivity index (χ2v) is 8.75. The summed E-state index contributed by atoms with van der Waals surface area (Å²) in [4.78, 5) is 12.3. The lowest BCUT2D eigenvalue weighted by Gasteiger charge is -2.25. The normalized spacial score (nSPS) is 15.2. The maximum Gasteiger partial charge on any atom is 0.338 e. The van der Waals surface area contributed by atoms with Gasteiger partial charge in [-0.3, -0.25) is 0 Å². The summed E-state index contributed by atoms with van der Waals surface area (Å²) in [5, 5.41) is 0.485. The minimum absolute atomic E-state index is 0.0535. The summed E-state index contributed by atoms with van der Waals surface area (Å²) < 4.78 is 37.4. The van der Waals surface area contributed by atoms with E-state index in [1.807, 2.05) is 0 Å². The van der Waals surface area contributed by atoms with Crippen LogP contribution in [0.3, 0.4) is 0 Å². The van der Waals surface area contributed by atoms with Gasteiger partial charge >= 0.3 is 5.97 Å². The summed E-state index contributed by atoms with van der Waals surface area (Å²) in [6.07, 6.45) is 2.80. The number of hydrogen-bond donors (Lipinski definition) is 0. The van der Waals surface area contributed by atoms with Crippen molar-refractivity contribution in [1.29, 1.82) is 0 Å². The molecule has 0 radical (unpaired) electrons. The second kappa shape index (κ2) is 9.41. The van der Waals surface area contributed by atoms with Gasteiger partial charge in [-0.15, -0.1) is 0 Å². The largest absolute Gasteiger partial charge is 0.488 e. The van der Waals surface area contributed by atoms with Crippen LogP contribution in [0.25, 0.3) is 0 Å². The zero-order chi connectivity index (χ0) is 20.0. The first-order valence-electron chi connectivity index (χ1n) is 9.13. The van der Waals surface area contributed by atoms with Crippen LogP contribution < -0.4 is 4.74 Å². The van der Waals surface area contributed by atoms with Gasteiger partial charge in [0.15, 0.2) is 0 Å². The molecule has 1 aliphatic rings.